The van der Waals surface area contributed by atoms with Crippen molar-refractivity contribution in [3.05, 3.63) is 23.8 Å². The Kier molecular flexibility index (Phi) is 5.16. The van der Waals surface area contributed by atoms with Crippen molar-refractivity contribution in [3.8, 4) is 11.5 Å². The minimum atomic E-state index is -0.379. The molecule has 3 aliphatic rings. The van der Waals surface area contributed by atoms with E-state index in [0.29, 0.717) is 11.8 Å². The molecule has 1 saturated heterocycles. The summed E-state index contributed by atoms with van der Waals surface area (Å²) in [6.07, 6.45) is 6.85. The molecule has 0 unspecified atom stereocenters. The monoisotopic (exact) mass is 388 g/mol. The first-order valence-corrected chi connectivity index (χ1v) is 10.9. The molecule has 156 valence electrons. The van der Waals surface area contributed by atoms with Crippen LogP contribution in [0.3, 0.4) is 0 Å². The minimum Gasteiger partial charge on any atom is -0.497 e. The van der Waals surface area contributed by atoms with E-state index in [1.54, 1.807) is 14.2 Å². The summed E-state index contributed by atoms with van der Waals surface area (Å²) in [7, 11) is 3.49. The van der Waals surface area contributed by atoms with E-state index in [4.69, 9.17) is 18.9 Å². The Morgan fingerprint density at radius 3 is 2.46 bits per heavy atom. The molecule has 4 atom stereocenters. The fraction of sp³-hybridized carbons (Fsp3) is 0.750. The van der Waals surface area contributed by atoms with Gasteiger partial charge in [0, 0.05) is 11.8 Å². The predicted octanol–water partition coefficient (Wildman–Crippen LogP) is 5.23. The van der Waals surface area contributed by atoms with Crippen molar-refractivity contribution in [2.75, 3.05) is 27.4 Å². The Balaban J connectivity index is 1.73. The van der Waals surface area contributed by atoms with E-state index < -0.39 is 0 Å². The lowest BCUT2D eigenvalue weighted by Gasteiger charge is -2.63. The summed E-state index contributed by atoms with van der Waals surface area (Å²) in [5, 5.41) is 0. The van der Waals surface area contributed by atoms with Gasteiger partial charge >= 0.3 is 0 Å². The number of ether oxygens (including phenoxy) is 4. The van der Waals surface area contributed by atoms with E-state index >= 15 is 0 Å². The standard InChI is InChI=1S/C24H36O4/c1-17-10-12-23(3)21(7-6-11-24(23)27-13-14-28-24)22(17,2)16-18-15-19(25-4)8-9-20(18)26-5/h8-9,15,17,21H,6-7,10-14,16H2,1-5H3/t17-,21-,22+,23-/m0/s1. The molecule has 4 nitrogen and oxygen atoms in total. The van der Waals surface area contributed by atoms with E-state index in [1.165, 1.54) is 31.2 Å². The van der Waals surface area contributed by atoms with Crippen LogP contribution < -0.4 is 9.47 Å². The second kappa shape index (κ2) is 7.21. The zero-order valence-electron chi connectivity index (χ0n) is 18.2. The van der Waals surface area contributed by atoms with Gasteiger partial charge in [-0.2, -0.15) is 0 Å². The van der Waals surface area contributed by atoms with E-state index in [0.717, 1.165) is 37.6 Å². The van der Waals surface area contributed by atoms with Gasteiger partial charge in [-0.25, -0.2) is 0 Å². The van der Waals surface area contributed by atoms with Gasteiger partial charge in [0.25, 0.3) is 0 Å². The first kappa shape index (κ1) is 20.0. The molecular weight excluding hydrogens is 352 g/mol. The number of methoxy groups -OCH3 is 2. The van der Waals surface area contributed by atoms with Gasteiger partial charge in [-0.15, -0.1) is 0 Å². The molecule has 4 heteroatoms. The van der Waals surface area contributed by atoms with Crippen LogP contribution >= 0.6 is 0 Å². The van der Waals surface area contributed by atoms with Gasteiger partial charge in [0.2, 0.25) is 0 Å². The van der Waals surface area contributed by atoms with Crippen LogP contribution in [-0.2, 0) is 15.9 Å². The average Bonchev–Trinajstić information content (AvgIpc) is 3.17. The summed E-state index contributed by atoms with van der Waals surface area (Å²) in [6, 6.07) is 6.18. The average molecular weight is 389 g/mol. The maximum atomic E-state index is 6.35. The lowest BCUT2D eigenvalue weighted by atomic mass is 9.45. The van der Waals surface area contributed by atoms with Gasteiger partial charge in [-0.1, -0.05) is 20.8 Å². The van der Waals surface area contributed by atoms with Gasteiger partial charge in [-0.3, -0.25) is 0 Å². The molecule has 1 spiro atoms. The molecule has 0 N–H and O–H groups in total. The zero-order valence-corrected chi connectivity index (χ0v) is 18.2. The van der Waals surface area contributed by atoms with Gasteiger partial charge in [0.15, 0.2) is 5.79 Å². The normalized spacial score (nSPS) is 36.9. The summed E-state index contributed by atoms with van der Waals surface area (Å²) < 4.78 is 23.9. The molecule has 28 heavy (non-hydrogen) atoms. The van der Waals surface area contributed by atoms with Crippen LogP contribution in [0.25, 0.3) is 0 Å². The smallest absolute Gasteiger partial charge is 0.174 e. The van der Waals surface area contributed by atoms with Crippen molar-refractivity contribution in [2.45, 2.75) is 65.1 Å². The van der Waals surface area contributed by atoms with Gasteiger partial charge in [-0.05, 0) is 73.1 Å². The van der Waals surface area contributed by atoms with E-state index in [2.05, 4.69) is 26.8 Å². The topological polar surface area (TPSA) is 36.9 Å². The maximum absolute atomic E-state index is 6.35. The van der Waals surface area contributed by atoms with Crippen molar-refractivity contribution in [1.29, 1.82) is 0 Å². The highest BCUT2D eigenvalue weighted by Gasteiger charge is 2.64. The molecule has 1 aromatic rings. The largest absolute Gasteiger partial charge is 0.497 e. The van der Waals surface area contributed by atoms with Crippen LogP contribution in [0, 0.1) is 22.7 Å². The Hall–Kier alpha value is -1.26. The van der Waals surface area contributed by atoms with Crippen molar-refractivity contribution < 1.29 is 18.9 Å². The highest BCUT2D eigenvalue weighted by molar-refractivity contribution is 5.41. The molecule has 3 fully saturated rings. The Bertz CT molecular complexity index is 711. The molecule has 0 amide bonds. The molecule has 2 aliphatic carbocycles. The maximum Gasteiger partial charge on any atom is 0.174 e. The first-order chi connectivity index (χ1) is 13.4. The number of hydrogen-bond acceptors (Lipinski definition) is 4. The van der Waals surface area contributed by atoms with E-state index in [-0.39, 0.29) is 16.6 Å². The van der Waals surface area contributed by atoms with Crippen LogP contribution in [0.5, 0.6) is 11.5 Å². The summed E-state index contributed by atoms with van der Waals surface area (Å²) in [6.45, 7) is 8.84. The third kappa shape index (κ3) is 2.87. The number of benzene rings is 1. The van der Waals surface area contributed by atoms with Crippen LogP contribution in [0.1, 0.15) is 58.4 Å². The SMILES string of the molecule is COc1ccc(OC)c(C[C@]2(C)[C@@H](C)CC[C@@]3(C)[C@H]2CCCC32OCCO2)c1. The van der Waals surface area contributed by atoms with Crippen molar-refractivity contribution >= 4 is 0 Å². The molecule has 0 aromatic heterocycles. The van der Waals surface area contributed by atoms with Crippen molar-refractivity contribution in [2.24, 2.45) is 22.7 Å². The van der Waals surface area contributed by atoms with E-state index in [1.807, 2.05) is 12.1 Å². The summed E-state index contributed by atoms with van der Waals surface area (Å²) in [5.74, 6) is 2.67. The fourth-order valence-electron chi connectivity index (χ4n) is 6.68. The Morgan fingerprint density at radius 1 is 1.04 bits per heavy atom. The number of rotatable bonds is 4. The lowest BCUT2D eigenvalue weighted by Crippen LogP contribution is -2.62. The molecule has 1 aliphatic heterocycles. The van der Waals surface area contributed by atoms with Crippen LogP contribution in [-0.4, -0.2) is 33.2 Å². The molecular formula is C24H36O4. The van der Waals surface area contributed by atoms with Crippen LogP contribution in [0.15, 0.2) is 18.2 Å². The number of hydrogen-bond donors (Lipinski definition) is 0. The second-order valence-electron chi connectivity index (χ2n) is 9.61. The first-order valence-electron chi connectivity index (χ1n) is 10.9. The summed E-state index contributed by atoms with van der Waals surface area (Å²) in [5.41, 5.74) is 1.47. The highest BCUT2D eigenvalue weighted by Crippen LogP contribution is 2.65. The van der Waals surface area contributed by atoms with E-state index in [9.17, 15) is 0 Å². The van der Waals surface area contributed by atoms with Crippen molar-refractivity contribution in [3.63, 3.8) is 0 Å². The van der Waals surface area contributed by atoms with Crippen LogP contribution in [0.2, 0.25) is 0 Å². The highest BCUT2D eigenvalue weighted by atomic mass is 16.7. The summed E-state index contributed by atoms with van der Waals surface area (Å²) >= 11 is 0. The Labute approximate surface area is 169 Å². The molecule has 4 rings (SSSR count). The second-order valence-corrected chi connectivity index (χ2v) is 9.61. The molecule has 0 radical (unpaired) electrons. The fourth-order valence-corrected chi connectivity index (χ4v) is 6.68. The van der Waals surface area contributed by atoms with Crippen molar-refractivity contribution in [1.82, 2.24) is 0 Å². The van der Waals surface area contributed by atoms with Gasteiger partial charge < -0.3 is 18.9 Å². The van der Waals surface area contributed by atoms with Crippen LogP contribution in [0.4, 0.5) is 0 Å². The lowest BCUT2D eigenvalue weighted by molar-refractivity contribution is -0.297. The minimum absolute atomic E-state index is 0.0646. The number of fused-ring (bicyclic) bond motifs is 2. The molecule has 2 saturated carbocycles. The molecule has 1 heterocycles. The zero-order chi connectivity index (χ0) is 20.0. The quantitative estimate of drug-likeness (QED) is 0.707. The third-order valence-corrected chi connectivity index (χ3v) is 8.47. The summed E-state index contributed by atoms with van der Waals surface area (Å²) in [4.78, 5) is 0. The third-order valence-electron chi connectivity index (χ3n) is 8.47. The predicted molar refractivity (Wildman–Crippen MR) is 110 cm³/mol. The Morgan fingerprint density at radius 2 is 1.79 bits per heavy atom. The molecule has 0 bridgehead atoms. The van der Waals surface area contributed by atoms with Gasteiger partial charge in [0.1, 0.15) is 11.5 Å². The molecule has 1 aromatic carbocycles. The van der Waals surface area contributed by atoms with Gasteiger partial charge in [0.05, 0.1) is 27.4 Å².